The average Bonchev–Trinajstić information content (AvgIpc) is 2.43. The smallest absolute Gasteiger partial charge is 0.0731 e. The standard InChI is InChI=1S/C17H35NO/c1-4-6-7-8-11-15(3)19-17-13-10-9-12-16(17)18-14-5-2/h15-18H,4-14H2,1-3H3. The highest BCUT2D eigenvalue weighted by atomic mass is 16.5. The first-order chi connectivity index (χ1) is 9.27. The molecule has 1 saturated carbocycles. The molecule has 19 heavy (non-hydrogen) atoms. The second-order valence-electron chi connectivity index (χ2n) is 6.18. The molecule has 1 fully saturated rings. The topological polar surface area (TPSA) is 21.3 Å². The zero-order valence-electron chi connectivity index (χ0n) is 13.4. The molecule has 1 aliphatic carbocycles. The molecule has 1 aliphatic rings. The molecule has 2 nitrogen and oxygen atoms in total. The van der Waals surface area contributed by atoms with Crippen LogP contribution < -0.4 is 5.32 Å². The van der Waals surface area contributed by atoms with Gasteiger partial charge >= 0.3 is 0 Å². The van der Waals surface area contributed by atoms with E-state index in [1.807, 2.05) is 0 Å². The van der Waals surface area contributed by atoms with Gasteiger partial charge in [-0.15, -0.1) is 0 Å². The number of nitrogens with one attached hydrogen (secondary N) is 1. The Hall–Kier alpha value is -0.0800. The van der Waals surface area contributed by atoms with Crippen LogP contribution in [0, 0.1) is 0 Å². The van der Waals surface area contributed by atoms with Crippen molar-refractivity contribution in [2.75, 3.05) is 6.54 Å². The Bertz CT molecular complexity index is 207. The lowest BCUT2D eigenvalue weighted by Gasteiger charge is -2.34. The van der Waals surface area contributed by atoms with Gasteiger partial charge in [-0.3, -0.25) is 0 Å². The third kappa shape index (κ3) is 7.31. The Morgan fingerprint density at radius 3 is 2.58 bits per heavy atom. The molecule has 0 radical (unpaired) electrons. The summed E-state index contributed by atoms with van der Waals surface area (Å²) >= 11 is 0. The summed E-state index contributed by atoms with van der Waals surface area (Å²) in [5.41, 5.74) is 0. The monoisotopic (exact) mass is 269 g/mol. The first-order valence-electron chi connectivity index (χ1n) is 8.66. The highest BCUT2D eigenvalue weighted by Gasteiger charge is 2.26. The number of ether oxygens (including phenoxy) is 1. The predicted octanol–water partition coefficient (Wildman–Crippen LogP) is 4.67. The number of hydrogen-bond acceptors (Lipinski definition) is 2. The second-order valence-corrected chi connectivity index (χ2v) is 6.18. The fourth-order valence-electron chi connectivity index (χ4n) is 3.05. The van der Waals surface area contributed by atoms with Gasteiger partial charge in [-0.25, -0.2) is 0 Å². The van der Waals surface area contributed by atoms with Crippen molar-refractivity contribution in [3.05, 3.63) is 0 Å². The van der Waals surface area contributed by atoms with Gasteiger partial charge in [0, 0.05) is 6.04 Å². The van der Waals surface area contributed by atoms with Crippen LogP contribution in [0.4, 0.5) is 0 Å². The lowest BCUT2D eigenvalue weighted by Crippen LogP contribution is -2.45. The maximum Gasteiger partial charge on any atom is 0.0731 e. The Morgan fingerprint density at radius 1 is 1.05 bits per heavy atom. The van der Waals surface area contributed by atoms with E-state index in [1.54, 1.807) is 0 Å². The molecule has 0 bridgehead atoms. The summed E-state index contributed by atoms with van der Waals surface area (Å²) in [5, 5.41) is 3.68. The van der Waals surface area contributed by atoms with Gasteiger partial charge in [-0.2, -0.15) is 0 Å². The van der Waals surface area contributed by atoms with Gasteiger partial charge in [0.15, 0.2) is 0 Å². The van der Waals surface area contributed by atoms with Crippen molar-refractivity contribution < 1.29 is 4.74 Å². The van der Waals surface area contributed by atoms with Crippen molar-refractivity contribution >= 4 is 0 Å². The molecule has 2 heteroatoms. The second kappa shape index (κ2) is 10.7. The van der Waals surface area contributed by atoms with Crippen molar-refractivity contribution in [2.24, 2.45) is 0 Å². The summed E-state index contributed by atoms with van der Waals surface area (Å²) in [6.45, 7) is 7.90. The molecule has 1 N–H and O–H groups in total. The minimum atomic E-state index is 0.436. The van der Waals surface area contributed by atoms with Gasteiger partial charge in [-0.05, 0) is 39.2 Å². The van der Waals surface area contributed by atoms with E-state index in [1.165, 1.54) is 64.2 Å². The summed E-state index contributed by atoms with van der Waals surface area (Å²) in [4.78, 5) is 0. The van der Waals surface area contributed by atoms with E-state index in [9.17, 15) is 0 Å². The van der Waals surface area contributed by atoms with Gasteiger partial charge < -0.3 is 10.1 Å². The van der Waals surface area contributed by atoms with E-state index in [0.29, 0.717) is 18.2 Å². The van der Waals surface area contributed by atoms with Crippen LogP contribution in [-0.4, -0.2) is 24.8 Å². The van der Waals surface area contributed by atoms with Crippen LogP contribution >= 0.6 is 0 Å². The molecule has 0 aromatic rings. The summed E-state index contributed by atoms with van der Waals surface area (Å²) in [6, 6.07) is 0.604. The minimum Gasteiger partial charge on any atom is -0.374 e. The van der Waals surface area contributed by atoms with E-state index < -0.39 is 0 Å². The van der Waals surface area contributed by atoms with Gasteiger partial charge in [0.25, 0.3) is 0 Å². The molecule has 0 heterocycles. The SMILES string of the molecule is CCCCCCC(C)OC1CCCCC1NCCC. The van der Waals surface area contributed by atoms with E-state index in [0.717, 1.165) is 6.54 Å². The fraction of sp³-hybridized carbons (Fsp3) is 1.00. The molecule has 0 saturated heterocycles. The third-order valence-electron chi connectivity index (χ3n) is 4.23. The number of rotatable bonds is 10. The summed E-state index contributed by atoms with van der Waals surface area (Å²) in [7, 11) is 0. The van der Waals surface area contributed by atoms with Crippen LogP contribution in [0.1, 0.15) is 85.0 Å². The molecule has 3 atom stereocenters. The third-order valence-corrected chi connectivity index (χ3v) is 4.23. The molecule has 3 unspecified atom stereocenters. The number of unbranched alkanes of at least 4 members (excludes halogenated alkanes) is 3. The van der Waals surface area contributed by atoms with E-state index in [2.05, 4.69) is 26.1 Å². The highest BCUT2D eigenvalue weighted by Crippen LogP contribution is 2.23. The van der Waals surface area contributed by atoms with Crippen molar-refractivity contribution in [3.8, 4) is 0 Å². The maximum absolute atomic E-state index is 6.32. The van der Waals surface area contributed by atoms with E-state index >= 15 is 0 Å². The first-order valence-corrected chi connectivity index (χ1v) is 8.66. The molecule has 1 rings (SSSR count). The summed E-state index contributed by atoms with van der Waals surface area (Å²) in [5.74, 6) is 0. The van der Waals surface area contributed by atoms with Gasteiger partial charge in [-0.1, -0.05) is 52.4 Å². The Labute approximate surface area is 120 Å². The normalized spacial score (nSPS) is 25.4. The van der Waals surface area contributed by atoms with Crippen molar-refractivity contribution in [3.63, 3.8) is 0 Å². The molecule has 0 aromatic heterocycles. The maximum atomic E-state index is 6.32. The Kier molecular flexibility index (Phi) is 9.54. The van der Waals surface area contributed by atoms with Crippen LogP contribution in [0.25, 0.3) is 0 Å². The average molecular weight is 269 g/mol. The Balaban J connectivity index is 2.22. The van der Waals surface area contributed by atoms with E-state index in [4.69, 9.17) is 4.74 Å². The molecular formula is C17H35NO. The first kappa shape index (κ1) is 17.0. The quantitative estimate of drug-likeness (QED) is 0.582. The molecule has 114 valence electrons. The molecule has 0 spiro atoms. The van der Waals surface area contributed by atoms with Crippen LogP contribution in [-0.2, 0) is 4.74 Å². The van der Waals surface area contributed by atoms with Crippen LogP contribution in [0.5, 0.6) is 0 Å². The van der Waals surface area contributed by atoms with Gasteiger partial charge in [0.05, 0.1) is 12.2 Å². The summed E-state index contributed by atoms with van der Waals surface area (Å²) in [6.07, 6.45) is 14.0. The van der Waals surface area contributed by atoms with Gasteiger partial charge in [0.2, 0.25) is 0 Å². The van der Waals surface area contributed by atoms with Crippen molar-refractivity contribution in [2.45, 2.75) is 103 Å². The fourth-order valence-corrected chi connectivity index (χ4v) is 3.05. The van der Waals surface area contributed by atoms with Crippen LogP contribution in [0.2, 0.25) is 0 Å². The zero-order chi connectivity index (χ0) is 13.9. The molecule has 0 aliphatic heterocycles. The number of hydrogen-bond donors (Lipinski definition) is 1. The molecule has 0 aromatic carbocycles. The molecule has 0 amide bonds. The van der Waals surface area contributed by atoms with Gasteiger partial charge in [0.1, 0.15) is 0 Å². The minimum absolute atomic E-state index is 0.436. The lowest BCUT2D eigenvalue weighted by atomic mass is 9.92. The zero-order valence-corrected chi connectivity index (χ0v) is 13.4. The van der Waals surface area contributed by atoms with E-state index in [-0.39, 0.29) is 0 Å². The highest BCUT2D eigenvalue weighted by molar-refractivity contribution is 4.82. The lowest BCUT2D eigenvalue weighted by molar-refractivity contribution is -0.0424. The summed E-state index contributed by atoms with van der Waals surface area (Å²) < 4.78 is 6.32. The largest absolute Gasteiger partial charge is 0.374 e. The Morgan fingerprint density at radius 2 is 1.84 bits per heavy atom. The van der Waals surface area contributed by atoms with Crippen LogP contribution in [0.15, 0.2) is 0 Å². The predicted molar refractivity (Wildman–Crippen MR) is 83.6 cm³/mol. The van der Waals surface area contributed by atoms with Crippen molar-refractivity contribution in [1.82, 2.24) is 5.32 Å². The van der Waals surface area contributed by atoms with Crippen molar-refractivity contribution in [1.29, 1.82) is 0 Å². The molecular weight excluding hydrogens is 234 g/mol. The van der Waals surface area contributed by atoms with Crippen LogP contribution in [0.3, 0.4) is 0 Å².